The summed E-state index contributed by atoms with van der Waals surface area (Å²) >= 11 is 0. The van der Waals surface area contributed by atoms with E-state index in [1.165, 1.54) is 0 Å². The molecule has 0 bridgehead atoms. The van der Waals surface area contributed by atoms with E-state index >= 15 is 0 Å². The number of carboxylic acids is 1. The molecule has 0 fully saturated rings. The van der Waals surface area contributed by atoms with Crippen LogP contribution in [0.15, 0.2) is 0 Å². The fraction of sp³-hybridized carbons (Fsp3) is 0.929. The Morgan fingerprint density at radius 1 is 1.17 bits per heavy atom. The van der Waals surface area contributed by atoms with Gasteiger partial charge in [0.1, 0.15) is 0 Å². The maximum Gasteiger partial charge on any atom is 0.303 e. The van der Waals surface area contributed by atoms with E-state index in [-0.39, 0.29) is 12.0 Å². The molecule has 18 heavy (non-hydrogen) atoms. The van der Waals surface area contributed by atoms with Crippen molar-refractivity contribution >= 4 is 5.97 Å². The van der Waals surface area contributed by atoms with Crippen LogP contribution in [0.1, 0.15) is 59.8 Å². The van der Waals surface area contributed by atoms with Crippen molar-refractivity contribution in [3.63, 3.8) is 0 Å². The number of ether oxygens (including phenoxy) is 2. The molecule has 0 aliphatic carbocycles. The largest absolute Gasteiger partial charge is 0.481 e. The predicted octanol–water partition coefficient (Wildman–Crippen LogP) is 3.49. The minimum atomic E-state index is -0.739. The first-order valence-corrected chi connectivity index (χ1v) is 6.74. The van der Waals surface area contributed by atoms with E-state index in [2.05, 4.69) is 13.8 Å². The summed E-state index contributed by atoms with van der Waals surface area (Å²) in [5.74, 6) is -0.739. The average molecular weight is 262 g/mol. The summed E-state index contributed by atoms with van der Waals surface area (Å²) < 4.78 is 10.3. The van der Waals surface area contributed by atoms with Crippen LogP contribution in [-0.2, 0) is 14.3 Å². The lowest BCUT2D eigenvalue weighted by Gasteiger charge is -2.21. The Kier molecular flexibility index (Phi) is 14.1. The molecule has 4 heteroatoms. The van der Waals surface area contributed by atoms with Crippen LogP contribution in [0.25, 0.3) is 0 Å². The lowest BCUT2D eigenvalue weighted by Crippen LogP contribution is -2.22. The monoisotopic (exact) mass is 262 g/mol. The van der Waals surface area contributed by atoms with Gasteiger partial charge in [-0.15, -0.1) is 0 Å². The Balaban J connectivity index is 0. The molecule has 110 valence electrons. The zero-order valence-corrected chi connectivity index (χ0v) is 12.6. The molecule has 0 heterocycles. The normalized spacial score (nSPS) is 10.7. The van der Waals surface area contributed by atoms with Gasteiger partial charge in [0.05, 0.1) is 5.60 Å². The van der Waals surface area contributed by atoms with Gasteiger partial charge in [0.25, 0.3) is 0 Å². The average Bonchev–Trinajstić information content (AvgIpc) is 2.30. The van der Waals surface area contributed by atoms with E-state index < -0.39 is 5.97 Å². The third-order valence-corrected chi connectivity index (χ3v) is 2.42. The first kappa shape index (κ1) is 19.7. The summed E-state index contributed by atoms with van der Waals surface area (Å²) in [5.41, 5.74) is -0.185. The molecule has 0 amide bonds. The van der Waals surface area contributed by atoms with Crippen LogP contribution in [-0.4, -0.2) is 37.0 Å². The number of hydrogen-bond acceptors (Lipinski definition) is 3. The maximum atomic E-state index is 10.1. The van der Waals surface area contributed by atoms with Crippen LogP contribution < -0.4 is 0 Å². The summed E-state index contributed by atoms with van der Waals surface area (Å²) in [5, 5.41) is 8.34. The third-order valence-electron chi connectivity index (χ3n) is 2.42. The van der Waals surface area contributed by atoms with E-state index in [0.717, 1.165) is 32.5 Å². The van der Waals surface area contributed by atoms with E-state index in [1.807, 2.05) is 13.8 Å². The number of carbonyl (C=O) groups is 1. The number of carboxylic acid groups (broad SMARTS) is 1. The van der Waals surface area contributed by atoms with E-state index in [4.69, 9.17) is 14.6 Å². The molecule has 0 radical (unpaired) electrons. The second-order valence-electron chi connectivity index (χ2n) is 4.82. The molecule has 1 N–H and O–H groups in total. The molecule has 0 unspecified atom stereocenters. The molecule has 0 saturated carbocycles. The van der Waals surface area contributed by atoms with Gasteiger partial charge in [-0.1, -0.05) is 13.8 Å². The van der Waals surface area contributed by atoms with Crippen molar-refractivity contribution in [2.75, 3.05) is 20.3 Å². The van der Waals surface area contributed by atoms with Crippen LogP contribution in [0.5, 0.6) is 0 Å². The molecule has 0 aromatic heterocycles. The fourth-order valence-corrected chi connectivity index (χ4v) is 1.16. The standard InChI is InChI=1S/C8H16O3.C6H14O/c1-8(2,11-3)6-4-5-7(9)10;1-3-5-7-6-4-2/h4-6H2,1-3H3,(H,9,10);3-6H2,1-2H3. The maximum absolute atomic E-state index is 10.1. The zero-order valence-electron chi connectivity index (χ0n) is 12.6. The first-order chi connectivity index (χ1) is 8.39. The molecular formula is C14H30O4. The minimum absolute atomic E-state index is 0.185. The van der Waals surface area contributed by atoms with Gasteiger partial charge in [-0.25, -0.2) is 0 Å². The summed E-state index contributed by atoms with van der Waals surface area (Å²) in [6.07, 6.45) is 3.97. The summed E-state index contributed by atoms with van der Waals surface area (Å²) in [4.78, 5) is 10.1. The molecule has 0 aliphatic rings. The van der Waals surface area contributed by atoms with Gasteiger partial charge in [-0.3, -0.25) is 4.79 Å². The van der Waals surface area contributed by atoms with Gasteiger partial charge in [0.2, 0.25) is 0 Å². The van der Waals surface area contributed by atoms with Crippen molar-refractivity contribution in [2.24, 2.45) is 0 Å². The highest BCUT2D eigenvalue weighted by molar-refractivity contribution is 5.66. The van der Waals surface area contributed by atoms with E-state index in [9.17, 15) is 4.79 Å². The van der Waals surface area contributed by atoms with Crippen molar-refractivity contribution in [1.82, 2.24) is 0 Å². The van der Waals surface area contributed by atoms with Gasteiger partial charge in [-0.05, 0) is 39.5 Å². The quantitative estimate of drug-likeness (QED) is 0.646. The predicted molar refractivity (Wildman–Crippen MR) is 74.0 cm³/mol. The Bertz CT molecular complexity index is 186. The number of methoxy groups -OCH3 is 1. The summed E-state index contributed by atoms with van der Waals surface area (Å²) in [6, 6.07) is 0. The van der Waals surface area contributed by atoms with Crippen molar-refractivity contribution in [3.8, 4) is 0 Å². The molecule has 4 nitrogen and oxygen atoms in total. The topological polar surface area (TPSA) is 55.8 Å². The molecule has 0 atom stereocenters. The van der Waals surface area contributed by atoms with Gasteiger partial charge < -0.3 is 14.6 Å². The fourth-order valence-electron chi connectivity index (χ4n) is 1.16. The molecule has 0 aromatic rings. The molecular weight excluding hydrogens is 232 g/mol. The Hall–Kier alpha value is -0.610. The van der Waals surface area contributed by atoms with Crippen LogP contribution in [0.3, 0.4) is 0 Å². The summed E-state index contributed by atoms with van der Waals surface area (Å²) in [7, 11) is 1.64. The van der Waals surface area contributed by atoms with Gasteiger partial charge >= 0.3 is 5.97 Å². The highest BCUT2D eigenvalue weighted by Crippen LogP contribution is 2.16. The van der Waals surface area contributed by atoms with E-state index in [0.29, 0.717) is 6.42 Å². The Morgan fingerprint density at radius 3 is 2.00 bits per heavy atom. The molecule has 0 aromatic carbocycles. The third kappa shape index (κ3) is 17.8. The molecule has 0 spiro atoms. The molecule has 0 saturated heterocycles. The van der Waals surface area contributed by atoms with Gasteiger partial charge in [-0.2, -0.15) is 0 Å². The lowest BCUT2D eigenvalue weighted by molar-refractivity contribution is -0.137. The van der Waals surface area contributed by atoms with Crippen LogP contribution in [0.4, 0.5) is 0 Å². The Labute approximate surface area is 112 Å². The van der Waals surface area contributed by atoms with Crippen LogP contribution >= 0.6 is 0 Å². The van der Waals surface area contributed by atoms with Crippen molar-refractivity contribution in [1.29, 1.82) is 0 Å². The van der Waals surface area contributed by atoms with Crippen molar-refractivity contribution < 1.29 is 19.4 Å². The number of rotatable bonds is 9. The Morgan fingerprint density at radius 2 is 1.67 bits per heavy atom. The van der Waals surface area contributed by atoms with Crippen LogP contribution in [0.2, 0.25) is 0 Å². The first-order valence-electron chi connectivity index (χ1n) is 6.74. The van der Waals surface area contributed by atoms with Crippen molar-refractivity contribution in [3.05, 3.63) is 0 Å². The second kappa shape index (κ2) is 12.8. The summed E-state index contributed by atoms with van der Waals surface area (Å²) in [6.45, 7) is 10.00. The zero-order chi connectivity index (χ0) is 14.4. The second-order valence-corrected chi connectivity index (χ2v) is 4.82. The minimum Gasteiger partial charge on any atom is -0.481 e. The van der Waals surface area contributed by atoms with Gasteiger partial charge in [0, 0.05) is 26.7 Å². The van der Waals surface area contributed by atoms with E-state index in [1.54, 1.807) is 7.11 Å². The van der Waals surface area contributed by atoms with Gasteiger partial charge in [0.15, 0.2) is 0 Å². The smallest absolute Gasteiger partial charge is 0.303 e. The van der Waals surface area contributed by atoms with Crippen LogP contribution in [0, 0.1) is 0 Å². The number of aliphatic carboxylic acids is 1. The molecule has 0 aliphatic heterocycles. The highest BCUT2D eigenvalue weighted by atomic mass is 16.5. The van der Waals surface area contributed by atoms with Crippen molar-refractivity contribution in [2.45, 2.75) is 65.4 Å². The highest BCUT2D eigenvalue weighted by Gasteiger charge is 2.15. The number of hydrogen-bond donors (Lipinski definition) is 1. The SMILES string of the molecule is CCCOCCC.COC(C)(C)CCCC(=O)O. The lowest BCUT2D eigenvalue weighted by atomic mass is 10.0. The molecule has 0 rings (SSSR count).